The van der Waals surface area contributed by atoms with Crippen LogP contribution < -0.4 is 10.7 Å². The zero-order valence-corrected chi connectivity index (χ0v) is 27.3. The van der Waals surface area contributed by atoms with E-state index in [0.29, 0.717) is 25.1 Å². The van der Waals surface area contributed by atoms with Crippen molar-refractivity contribution in [1.82, 2.24) is 9.55 Å². The third kappa shape index (κ3) is 6.35. The van der Waals surface area contributed by atoms with E-state index >= 15 is 0 Å². The van der Waals surface area contributed by atoms with E-state index in [-0.39, 0.29) is 16.6 Å². The predicted molar refractivity (Wildman–Crippen MR) is 159 cm³/mol. The molecule has 5 rings (SSSR count). The number of aromatic nitrogens is 2. The fraction of sp³-hybridized carbons (Fsp3) is 0.345. The molecule has 16 heteroatoms. The van der Waals surface area contributed by atoms with Crippen molar-refractivity contribution in [3.63, 3.8) is 0 Å². The van der Waals surface area contributed by atoms with E-state index in [1.807, 2.05) is 0 Å². The highest BCUT2D eigenvalue weighted by molar-refractivity contribution is 9.10. The molecule has 1 fully saturated rings. The average Bonchev–Trinajstić information content (AvgIpc) is 3.40. The Morgan fingerprint density at radius 3 is 2.20 bits per heavy atom. The van der Waals surface area contributed by atoms with Crippen molar-refractivity contribution in [2.75, 3.05) is 6.61 Å². The van der Waals surface area contributed by atoms with Crippen LogP contribution in [0.15, 0.2) is 44.4 Å². The van der Waals surface area contributed by atoms with Crippen molar-refractivity contribution in [3.8, 4) is 5.88 Å². The van der Waals surface area contributed by atoms with Crippen LogP contribution in [0.25, 0.3) is 16.5 Å². The molecule has 1 N–H and O–H groups in total. The van der Waals surface area contributed by atoms with E-state index in [4.69, 9.17) is 23.7 Å². The second-order valence-electron chi connectivity index (χ2n) is 10.1. The van der Waals surface area contributed by atoms with Crippen molar-refractivity contribution in [2.24, 2.45) is 4.99 Å². The molecule has 2 aromatic heterocycles. The smallest absolute Gasteiger partial charge is 0.303 e. The number of halogens is 2. The largest absolute Gasteiger partial charge is 0.494 e. The Morgan fingerprint density at radius 1 is 0.911 bits per heavy atom. The number of carbonyl (C=O) groups is 5. The van der Waals surface area contributed by atoms with E-state index in [1.165, 1.54) is 10.8 Å². The molecule has 14 nitrogen and oxygen atoms in total. The molecule has 1 aromatic carbocycles. The van der Waals surface area contributed by atoms with E-state index in [0.717, 1.165) is 27.7 Å². The minimum atomic E-state index is -1.51. The summed E-state index contributed by atoms with van der Waals surface area (Å²) in [5.74, 6) is -4.23. The molecule has 0 unspecified atom stereocenters. The molecule has 0 bridgehead atoms. The molecule has 45 heavy (non-hydrogen) atoms. The van der Waals surface area contributed by atoms with Gasteiger partial charge < -0.3 is 28.8 Å². The van der Waals surface area contributed by atoms with Gasteiger partial charge in [0.1, 0.15) is 12.7 Å². The molecular formula is C29H25Br2N3O11. The first kappa shape index (κ1) is 32.2. The third-order valence-corrected chi connectivity index (χ3v) is 7.86. The maximum absolute atomic E-state index is 13.3. The molecular weight excluding hydrogens is 726 g/mol. The Labute approximate surface area is 271 Å². The number of carbonyl (C=O) groups excluding carboxylic acids is 5. The van der Waals surface area contributed by atoms with Gasteiger partial charge in [-0.3, -0.25) is 28.5 Å². The molecule has 3 aromatic rings. The van der Waals surface area contributed by atoms with E-state index in [2.05, 4.69) is 41.8 Å². The molecule has 0 aliphatic carbocycles. The fourth-order valence-electron chi connectivity index (χ4n) is 5.41. The highest BCUT2D eigenvalue weighted by atomic mass is 79.9. The van der Waals surface area contributed by atoms with E-state index in [9.17, 15) is 29.1 Å². The summed E-state index contributed by atoms with van der Waals surface area (Å²) in [7, 11) is 0. The van der Waals surface area contributed by atoms with Gasteiger partial charge in [-0.2, -0.15) is 4.99 Å². The molecule has 2 aliphatic rings. The van der Waals surface area contributed by atoms with Crippen LogP contribution in [0.2, 0.25) is 0 Å². The Bertz CT molecular complexity index is 1890. The van der Waals surface area contributed by atoms with Crippen LogP contribution in [-0.2, 0) is 47.7 Å². The summed E-state index contributed by atoms with van der Waals surface area (Å²) in [5.41, 5.74) is 0.583. The Balaban J connectivity index is 1.79. The maximum Gasteiger partial charge on any atom is 0.303 e. The number of aromatic hydroxyl groups is 1. The number of hydrogen-bond donors (Lipinski definition) is 1. The van der Waals surface area contributed by atoms with Gasteiger partial charge in [0, 0.05) is 53.4 Å². The zero-order chi connectivity index (χ0) is 32.7. The summed E-state index contributed by atoms with van der Waals surface area (Å²) in [6.07, 6.45) is -5.66. The number of amides is 1. The lowest BCUT2D eigenvalue weighted by Gasteiger charge is -2.45. The lowest BCUT2D eigenvalue weighted by atomic mass is 9.97. The number of benzene rings is 1. The van der Waals surface area contributed by atoms with E-state index in [1.54, 1.807) is 24.3 Å². The van der Waals surface area contributed by atoms with Gasteiger partial charge in [-0.1, -0.05) is 15.9 Å². The molecule has 5 atom stereocenters. The number of pyridine rings is 1. The first-order chi connectivity index (χ1) is 21.3. The number of fused-ring (bicyclic) bond motifs is 2. The summed E-state index contributed by atoms with van der Waals surface area (Å²) in [4.78, 5) is 70.2. The number of hydrogen-bond acceptors (Lipinski definition) is 12. The van der Waals surface area contributed by atoms with Gasteiger partial charge in [0.2, 0.25) is 5.88 Å². The average molecular weight is 751 g/mol. The summed E-state index contributed by atoms with van der Waals surface area (Å²) in [6, 6.07) is 6.59. The van der Waals surface area contributed by atoms with E-state index < -0.39 is 72.9 Å². The third-order valence-electron chi connectivity index (χ3n) is 6.93. The van der Waals surface area contributed by atoms with Gasteiger partial charge in [-0.05, 0) is 40.2 Å². The van der Waals surface area contributed by atoms with Crippen LogP contribution in [-0.4, -0.2) is 75.5 Å². The van der Waals surface area contributed by atoms with Crippen LogP contribution in [0.5, 0.6) is 5.88 Å². The second-order valence-corrected chi connectivity index (χ2v) is 12.0. The SMILES string of the molecule is CC(=O)OC[C@H]1O[C@@H](n2c(O)c(C3=c4cc(Br)cnc4=NC3=O)c3cc(Br)ccc32)[C@H](OC(C)=O)[C@@H](OC(C)=O)[C@@H]1OC(C)=O. The highest BCUT2D eigenvalue weighted by Gasteiger charge is 2.54. The first-order valence-corrected chi connectivity index (χ1v) is 15.0. The standard InChI is InChI=1S/C29H25Br2N3O11/c1-11(35)41-10-20-23(42-12(2)36)24(43-13(3)37)25(44-14(4)38)29(45-20)34-19-6-5-15(30)7-17(19)22(28(34)40)21-18-8-16(31)9-32-26(18)33-27(21)39/h5-9,20,23-25,29,40H,10H2,1-4H3/t20-,23-,24+,25-,29-/m1/s1. The predicted octanol–water partition coefficient (Wildman–Crippen LogP) is 1.88. The molecule has 0 spiro atoms. The van der Waals surface area contributed by atoms with Crippen LogP contribution >= 0.6 is 31.9 Å². The van der Waals surface area contributed by atoms with Crippen molar-refractivity contribution in [1.29, 1.82) is 0 Å². The summed E-state index contributed by atoms with van der Waals surface area (Å²) in [6.45, 7) is 4.03. The molecule has 1 amide bonds. The number of rotatable bonds is 7. The van der Waals surface area contributed by atoms with Crippen LogP contribution in [0, 0.1) is 0 Å². The molecule has 4 heterocycles. The van der Waals surface area contributed by atoms with Crippen molar-refractivity contribution in [2.45, 2.75) is 58.3 Å². The van der Waals surface area contributed by atoms with Gasteiger partial charge in [-0.25, -0.2) is 4.98 Å². The second kappa shape index (κ2) is 12.7. The van der Waals surface area contributed by atoms with Gasteiger partial charge in [0.15, 0.2) is 30.0 Å². The molecule has 236 valence electrons. The normalized spacial score (nSPS) is 22.4. The number of nitrogens with zero attached hydrogens (tertiary/aromatic N) is 3. The first-order valence-electron chi connectivity index (χ1n) is 13.4. The van der Waals surface area contributed by atoms with Crippen LogP contribution in [0.1, 0.15) is 39.5 Å². The Kier molecular flexibility index (Phi) is 9.09. The minimum absolute atomic E-state index is 0.0452. The Hall–Kier alpha value is -4.15. The maximum atomic E-state index is 13.3. The van der Waals surface area contributed by atoms with Crippen molar-refractivity contribution < 1.29 is 52.8 Å². The number of esters is 4. The molecule has 0 radical (unpaired) electrons. The van der Waals surface area contributed by atoms with Crippen LogP contribution in [0.3, 0.4) is 0 Å². The van der Waals surface area contributed by atoms with Crippen molar-refractivity contribution >= 4 is 78.1 Å². The quantitative estimate of drug-likeness (QED) is 0.274. The van der Waals surface area contributed by atoms with Gasteiger partial charge in [-0.15, -0.1) is 0 Å². The molecule has 2 aliphatic heterocycles. The molecule has 1 saturated heterocycles. The van der Waals surface area contributed by atoms with Gasteiger partial charge in [0.05, 0.1) is 16.7 Å². The Morgan fingerprint density at radius 2 is 1.56 bits per heavy atom. The lowest BCUT2D eigenvalue weighted by Crippen LogP contribution is -2.60. The topological polar surface area (TPSA) is 182 Å². The summed E-state index contributed by atoms with van der Waals surface area (Å²) < 4.78 is 30.5. The zero-order valence-electron chi connectivity index (χ0n) is 24.1. The summed E-state index contributed by atoms with van der Waals surface area (Å²) in [5, 5.41) is 12.7. The number of ether oxygens (including phenoxy) is 5. The summed E-state index contributed by atoms with van der Waals surface area (Å²) >= 11 is 6.79. The minimum Gasteiger partial charge on any atom is -0.494 e. The highest BCUT2D eigenvalue weighted by Crippen LogP contribution is 2.44. The van der Waals surface area contributed by atoms with Crippen molar-refractivity contribution in [3.05, 3.63) is 55.7 Å². The van der Waals surface area contributed by atoms with Gasteiger partial charge >= 0.3 is 23.9 Å². The molecule has 0 saturated carbocycles. The fourth-order valence-corrected chi connectivity index (χ4v) is 6.10. The lowest BCUT2D eigenvalue weighted by molar-refractivity contribution is -0.268. The monoisotopic (exact) mass is 749 g/mol. The van der Waals surface area contributed by atoms with Crippen LogP contribution in [0.4, 0.5) is 0 Å². The van der Waals surface area contributed by atoms with Gasteiger partial charge in [0.25, 0.3) is 5.91 Å².